The quantitative estimate of drug-likeness (QED) is 0.611. The summed E-state index contributed by atoms with van der Waals surface area (Å²) in [5.41, 5.74) is -0.230. The molecule has 0 aromatic heterocycles. The molecule has 0 aliphatic carbocycles. The summed E-state index contributed by atoms with van der Waals surface area (Å²) >= 11 is 0. The van der Waals surface area contributed by atoms with Gasteiger partial charge in [-0.2, -0.15) is 8.42 Å². The van der Waals surface area contributed by atoms with E-state index in [0.717, 1.165) is 0 Å². The zero-order valence-electron chi connectivity index (χ0n) is 7.96. The van der Waals surface area contributed by atoms with Crippen molar-refractivity contribution in [3.8, 4) is 0 Å². The number of nitrogens with two attached hydrogens (primary N) is 1. The molecular weight excluding hydrogens is 178 g/mol. The highest BCUT2D eigenvalue weighted by atomic mass is 32.2. The van der Waals surface area contributed by atoms with Crippen LogP contribution in [-0.2, 0) is 10.2 Å². The minimum atomic E-state index is -3.57. The molecule has 12 heavy (non-hydrogen) atoms. The van der Waals surface area contributed by atoms with E-state index in [1.165, 1.54) is 0 Å². The van der Waals surface area contributed by atoms with Crippen molar-refractivity contribution in [2.45, 2.75) is 19.4 Å². The van der Waals surface area contributed by atoms with Crippen LogP contribution in [0.2, 0.25) is 0 Å². The lowest BCUT2D eigenvalue weighted by Gasteiger charge is -2.32. The first-order valence-electron chi connectivity index (χ1n) is 3.60. The maximum Gasteiger partial charge on any atom is 0.274 e. The first kappa shape index (κ1) is 11.8. The summed E-state index contributed by atoms with van der Waals surface area (Å²) in [6, 6.07) is 0. The fraction of sp³-hybridized carbons (Fsp3) is 1.00. The summed E-state index contributed by atoms with van der Waals surface area (Å²) in [5.74, 6) is 0. The largest absolute Gasteiger partial charge is 0.303 e. The summed E-state index contributed by atoms with van der Waals surface area (Å²) in [6.45, 7) is 4.15. The van der Waals surface area contributed by atoms with Crippen molar-refractivity contribution in [3.63, 3.8) is 0 Å². The molecule has 0 aromatic carbocycles. The standard InChI is InChI=1S/C6H17N3O2S/c1-6(2,9(3)4)5-8-12(7,10)11/h8H,5H2,1-4H3,(H2,7,10,11). The molecule has 0 aliphatic heterocycles. The molecule has 0 atom stereocenters. The average molecular weight is 195 g/mol. The van der Waals surface area contributed by atoms with Crippen LogP contribution in [-0.4, -0.2) is 39.5 Å². The molecule has 0 heterocycles. The fourth-order valence-electron chi connectivity index (χ4n) is 0.435. The van der Waals surface area contributed by atoms with Crippen molar-refractivity contribution >= 4 is 10.2 Å². The van der Waals surface area contributed by atoms with Crippen molar-refractivity contribution in [1.29, 1.82) is 0 Å². The van der Waals surface area contributed by atoms with E-state index < -0.39 is 10.2 Å². The van der Waals surface area contributed by atoms with Crippen LogP contribution in [0.15, 0.2) is 0 Å². The first-order chi connectivity index (χ1) is 5.15. The van der Waals surface area contributed by atoms with Crippen LogP contribution in [0, 0.1) is 0 Å². The van der Waals surface area contributed by atoms with Crippen molar-refractivity contribution < 1.29 is 8.42 Å². The Morgan fingerprint density at radius 2 is 1.83 bits per heavy atom. The van der Waals surface area contributed by atoms with Gasteiger partial charge in [-0.15, -0.1) is 0 Å². The van der Waals surface area contributed by atoms with Crippen molar-refractivity contribution in [1.82, 2.24) is 9.62 Å². The molecule has 3 N–H and O–H groups in total. The zero-order chi connectivity index (χ0) is 9.99. The van der Waals surface area contributed by atoms with Gasteiger partial charge in [0.25, 0.3) is 10.2 Å². The smallest absolute Gasteiger partial charge is 0.274 e. The Labute approximate surface area is 74.1 Å². The number of likely N-dealkylation sites (N-methyl/N-ethyl adjacent to an activating group) is 1. The van der Waals surface area contributed by atoms with Crippen molar-refractivity contribution in [3.05, 3.63) is 0 Å². The maximum absolute atomic E-state index is 10.5. The van der Waals surface area contributed by atoms with E-state index in [0.29, 0.717) is 6.54 Å². The Morgan fingerprint density at radius 3 is 2.08 bits per heavy atom. The second kappa shape index (κ2) is 3.69. The topological polar surface area (TPSA) is 75.4 Å². The number of rotatable bonds is 4. The minimum Gasteiger partial charge on any atom is -0.303 e. The van der Waals surface area contributed by atoms with E-state index in [1.807, 2.05) is 32.8 Å². The molecule has 0 aliphatic rings. The molecule has 6 heteroatoms. The molecular formula is C6H17N3O2S. The van der Waals surface area contributed by atoms with Gasteiger partial charge in [-0.3, -0.25) is 0 Å². The monoisotopic (exact) mass is 195 g/mol. The predicted octanol–water partition coefficient (Wildman–Crippen LogP) is -0.880. The third-order valence-corrected chi connectivity index (χ3v) is 2.46. The van der Waals surface area contributed by atoms with Gasteiger partial charge in [0.15, 0.2) is 0 Å². The number of hydrogen-bond donors (Lipinski definition) is 2. The third kappa shape index (κ3) is 4.66. The van der Waals surface area contributed by atoms with Gasteiger partial charge in [0.2, 0.25) is 0 Å². The van der Waals surface area contributed by atoms with Crippen LogP contribution in [0.25, 0.3) is 0 Å². The normalized spacial score (nSPS) is 13.8. The van der Waals surface area contributed by atoms with E-state index in [1.54, 1.807) is 0 Å². The van der Waals surface area contributed by atoms with Gasteiger partial charge < -0.3 is 4.90 Å². The zero-order valence-corrected chi connectivity index (χ0v) is 8.77. The fourth-order valence-corrected chi connectivity index (χ4v) is 0.990. The van der Waals surface area contributed by atoms with Crippen molar-refractivity contribution in [2.24, 2.45) is 5.14 Å². The highest BCUT2D eigenvalue weighted by molar-refractivity contribution is 7.87. The van der Waals surface area contributed by atoms with Crippen LogP contribution < -0.4 is 9.86 Å². The maximum atomic E-state index is 10.5. The molecule has 0 spiro atoms. The molecule has 0 amide bonds. The van der Waals surface area contributed by atoms with Crippen LogP contribution >= 0.6 is 0 Å². The SMILES string of the molecule is CN(C)C(C)(C)CNS(N)(=O)=O. The summed E-state index contributed by atoms with van der Waals surface area (Å²) < 4.78 is 23.3. The van der Waals surface area contributed by atoms with E-state index in [4.69, 9.17) is 5.14 Å². The highest BCUT2D eigenvalue weighted by Gasteiger charge is 2.21. The molecule has 0 bridgehead atoms. The number of nitrogens with one attached hydrogen (secondary N) is 1. The summed E-state index contributed by atoms with van der Waals surface area (Å²) in [4.78, 5) is 1.92. The second-order valence-corrected chi connectivity index (χ2v) is 4.95. The molecule has 0 saturated carbocycles. The highest BCUT2D eigenvalue weighted by Crippen LogP contribution is 2.07. The predicted molar refractivity (Wildman–Crippen MR) is 48.9 cm³/mol. The molecule has 0 aromatic rings. The van der Waals surface area contributed by atoms with Crippen LogP contribution in [0.4, 0.5) is 0 Å². The van der Waals surface area contributed by atoms with Crippen LogP contribution in [0.3, 0.4) is 0 Å². The van der Waals surface area contributed by atoms with Gasteiger partial charge in [-0.25, -0.2) is 9.86 Å². The van der Waals surface area contributed by atoms with Crippen molar-refractivity contribution in [2.75, 3.05) is 20.6 Å². The Kier molecular flexibility index (Phi) is 3.64. The molecule has 5 nitrogen and oxygen atoms in total. The average Bonchev–Trinajstić information content (AvgIpc) is 1.82. The third-order valence-electron chi connectivity index (χ3n) is 1.92. The Bertz CT molecular complexity index is 233. The van der Waals surface area contributed by atoms with E-state index in [-0.39, 0.29) is 5.54 Å². The van der Waals surface area contributed by atoms with Gasteiger partial charge >= 0.3 is 0 Å². The Hall–Kier alpha value is -0.170. The lowest BCUT2D eigenvalue weighted by atomic mass is 10.1. The molecule has 0 rings (SSSR count). The van der Waals surface area contributed by atoms with Crippen LogP contribution in [0.1, 0.15) is 13.8 Å². The molecule has 0 saturated heterocycles. The summed E-state index contributed by atoms with van der Waals surface area (Å²) in [7, 11) is 0.192. The summed E-state index contributed by atoms with van der Waals surface area (Å²) in [5, 5.41) is 4.79. The number of nitrogens with zero attached hydrogens (tertiary/aromatic N) is 1. The van der Waals surface area contributed by atoms with E-state index in [2.05, 4.69) is 4.72 Å². The Morgan fingerprint density at radius 1 is 1.42 bits per heavy atom. The molecule has 0 fully saturated rings. The molecule has 0 unspecified atom stereocenters. The first-order valence-corrected chi connectivity index (χ1v) is 5.14. The van der Waals surface area contributed by atoms with Crippen LogP contribution in [0.5, 0.6) is 0 Å². The Balaban J connectivity index is 4.10. The number of hydrogen-bond acceptors (Lipinski definition) is 3. The summed E-state index contributed by atoms with van der Waals surface area (Å²) in [6.07, 6.45) is 0. The second-order valence-electron chi connectivity index (χ2n) is 3.57. The van der Waals surface area contributed by atoms with Gasteiger partial charge in [0.05, 0.1) is 0 Å². The minimum absolute atomic E-state index is 0.230. The van der Waals surface area contributed by atoms with Gasteiger partial charge in [0.1, 0.15) is 0 Å². The van der Waals surface area contributed by atoms with Gasteiger partial charge in [0, 0.05) is 12.1 Å². The van der Waals surface area contributed by atoms with Gasteiger partial charge in [-0.1, -0.05) is 0 Å². The lowest BCUT2D eigenvalue weighted by molar-refractivity contribution is 0.199. The van der Waals surface area contributed by atoms with E-state index >= 15 is 0 Å². The lowest BCUT2D eigenvalue weighted by Crippen LogP contribution is -2.49. The molecule has 0 radical (unpaired) electrons. The molecule has 74 valence electrons. The van der Waals surface area contributed by atoms with E-state index in [9.17, 15) is 8.42 Å². The van der Waals surface area contributed by atoms with Gasteiger partial charge in [-0.05, 0) is 27.9 Å².